The fourth-order valence-corrected chi connectivity index (χ4v) is 6.29. The Hall–Kier alpha value is -4.59. The van der Waals surface area contributed by atoms with Crippen LogP contribution in [0.4, 0.5) is 17.3 Å². The van der Waals surface area contributed by atoms with Gasteiger partial charge < -0.3 is 30.6 Å². The minimum Gasteiger partial charge on any atom is -0.505 e. The zero-order valence-electron chi connectivity index (χ0n) is 21.5. The summed E-state index contributed by atoms with van der Waals surface area (Å²) in [5.41, 5.74) is 3.40. The van der Waals surface area contributed by atoms with Crippen LogP contribution in [0.5, 0.6) is 5.75 Å². The molecule has 5 rings (SSSR count). The van der Waals surface area contributed by atoms with E-state index in [-0.39, 0.29) is 36.4 Å². The number of phenols is 1. The highest BCUT2D eigenvalue weighted by Crippen LogP contribution is 2.52. The first-order valence-corrected chi connectivity index (χ1v) is 12.5. The van der Waals surface area contributed by atoms with Gasteiger partial charge in [0.05, 0.1) is 29.8 Å². The number of nitrogens with zero attached hydrogens (tertiary/aromatic N) is 2. The maximum atomic E-state index is 13.9. The molecule has 2 saturated carbocycles. The highest BCUT2D eigenvalue weighted by Gasteiger charge is 2.66. The van der Waals surface area contributed by atoms with E-state index in [1.165, 1.54) is 12.1 Å². The van der Waals surface area contributed by atoms with E-state index >= 15 is 0 Å². The average molecular weight is 555 g/mol. The molecule has 0 aliphatic heterocycles. The summed E-state index contributed by atoms with van der Waals surface area (Å²) in [7, 11) is 3.44. The molecular formula is C26H26N4O10. The van der Waals surface area contributed by atoms with E-state index in [2.05, 4.69) is 5.32 Å². The Balaban J connectivity index is 1.54. The van der Waals surface area contributed by atoms with Crippen LogP contribution in [0.2, 0.25) is 0 Å². The predicted molar refractivity (Wildman–Crippen MR) is 136 cm³/mol. The highest BCUT2D eigenvalue weighted by atomic mass is 16.6. The van der Waals surface area contributed by atoms with Crippen molar-refractivity contribution < 1.29 is 43.5 Å². The number of Topliss-reactive ketones (excluding diaryl/α,β-unsaturated/α-hetero) is 4. The second-order valence-corrected chi connectivity index (χ2v) is 10.6. The van der Waals surface area contributed by atoms with Crippen LogP contribution < -0.4 is 16.0 Å². The smallest absolute Gasteiger partial charge is 0.433 e. The van der Waals surface area contributed by atoms with Gasteiger partial charge in [0.15, 0.2) is 34.7 Å². The fourth-order valence-electron chi connectivity index (χ4n) is 6.29. The van der Waals surface area contributed by atoms with Gasteiger partial charge in [0.1, 0.15) is 16.4 Å². The van der Waals surface area contributed by atoms with Crippen molar-refractivity contribution >= 4 is 46.3 Å². The van der Waals surface area contributed by atoms with Crippen LogP contribution >= 0.6 is 0 Å². The summed E-state index contributed by atoms with van der Waals surface area (Å²) in [6, 6.07) is 4.14. The summed E-state index contributed by atoms with van der Waals surface area (Å²) >= 11 is 0. The summed E-state index contributed by atoms with van der Waals surface area (Å²) in [6.07, 6.45) is -0.283. The minimum atomic E-state index is -2.73. The van der Waals surface area contributed by atoms with E-state index < -0.39 is 81.3 Å². The number of aliphatic hydroxyl groups is 1. The fraction of sp³-hybridized carbons (Fsp3) is 0.423. The molecule has 0 saturated heterocycles. The van der Waals surface area contributed by atoms with Gasteiger partial charge in [0.25, 0.3) is 0 Å². The molecule has 210 valence electrons. The topological polar surface area (TPSA) is 223 Å². The molecule has 5 atom stereocenters. The van der Waals surface area contributed by atoms with Crippen LogP contribution in [0.3, 0.4) is 0 Å². The number of hydrogen-bond donors (Lipinski definition) is 4. The molecule has 2 aromatic rings. The van der Waals surface area contributed by atoms with Crippen molar-refractivity contribution in [3.8, 4) is 5.75 Å². The summed E-state index contributed by atoms with van der Waals surface area (Å²) in [5, 5.41) is 36.3. The molecular weight excluding hydrogens is 528 g/mol. The SMILES string of the molecule is CN(C)c1cc(NCc2ccc([N+](=O)[O-])o2)c(O)c2c1C[C@H]1C[C@H]3CC(=O)C(C(N)=O)C(=O)[C@@]3(O)C(=O)C1C2=O. The van der Waals surface area contributed by atoms with Crippen LogP contribution in [0, 0.1) is 33.8 Å². The number of furan rings is 1. The number of aromatic hydroxyl groups is 1. The maximum absolute atomic E-state index is 13.9. The zero-order chi connectivity index (χ0) is 29.3. The van der Waals surface area contributed by atoms with E-state index in [4.69, 9.17) is 10.2 Å². The lowest BCUT2D eigenvalue weighted by Gasteiger charge is -2.48. The number of amides is 1. The number of carbonyl (C=O) groups is 5. The van der Waals surface area contributed by atoms with Gasteiger partial charge in [-0.25, -0.2) is 0 Å². The standard InChI is InChI=1S/C26H26N4O10/c1-29(2)15-8-14(28-9-12-3-4-17(40-12)30(38)39)21(32)19-13(15)6-10-5-11-7-16(31)20(25(27)36)24(35)26(11,37)23(34)18(10)22(19)33/h3-4,8,10-11,18,20,28,32,37H,5-7,9H2,1-2H3,(H2,27,36)/t10-,11+,18?,20?,26+/m1/s1. The lowest BCUT2D eigenvalue weighted by atomic mass is 9.53. The molecule has 1 amide bonds. The van der Waals surface area contributed by atoms with E-state index in [0.717, 1.165) is 0 Å². The molecule has 1 aromatic heterocycles. The van der Waals surface area contributed by atoms with Crippen molar-refractivity contribution in [2.24, 2.45) is 29.4 Å². The lowest BCUT2D eigenvalue weighted by Crippen LogP contribution is -2.68. The summed E-state index contributed by atoms with van der Waals surface area (Å²) in [4.78, 5) is 76.8. The predicted octanol–water partition coefficient (Wildman–Crippen LogP) is 0.506. The van der Waals surface area contributed by atoms with Gasteiger partial charge in [-0.05, 0) is 36.5 Å². The Labute approximate surface area is 226 Å². The van der Waals surface area contributed by atoms with E-state index in [0.29, 0.717) is 11.3 Å². The molecule has 1 aromatic carbocycles. The number of nitrogens with two attached hydrogens (primary N) is 1. The first-order valence-electron chi connectivity index (χ1n) is 12.5. The Kier molecular flexibility index (Phi) is 6.25. The van der Waals surface area contributed by atoms with Crippen molar-refractivity contribution in [3.63, 3.8) is 0 Å². The van der Waals surface area contributed by atoms with Crippen molar-refractivity contribution in [2.75, 3.05) is 24.3 Å². The Morgan fingerprint density at radius 1 is 1.23 bits per heavy atom. The number of primary amides is 1. The molecule has 0 bridgehead atoms. The normalized spacial score (nSPS) is 27.5. The minimum absolute atomic E-state index is 0.00798. The largest absolute Gasteiger partial charge is 0.505 e. The number of nitrogens with one attached hydrogen (secondary N) is 1. The Morgan fingerprint density at radius 3 is 2.52 bits per heavy atom. The van der Waals surface area contributed by atoms with Gasteiger partial charge in [0.2, 0.25) is 5.91 Å². The van der Waals surface area contributed by atoms with Crippen LogP contribution in [0.25, 0.3) is 0 Å². The van der Waals surface area contributed by atoms with Gasteiger partial charge in [-0.15, -0.1) is 0 Å². The number of ketones is 4. The molecule has 2 unspecified atom stereocenters. The first kappa shape index (κ1) is 27.0. The molecule has 0 radical (unpaired) electrons. The number of carbonyl (C=O) groups excluding carboxylic acids is 5. The number of hydrogen-bond acceptors (Lipinski definition) is 12. The monoisotopic (exact) mass is 554 g/mol. The number of fused-ring (bicyclic) bond motifs is 3. The van der Waals surface area contributed by atoms with Gasteiger partial charge in [-0.1, -0.05) is 0 Å². The Morgan fingerprint density at radius 2 is 1.93 bits per heavy atom. The molecule has 0 spiro atoms. The number of anilines is 2. The molecule has 3 aliphatic rings. The second kappa shape index (κ2) is 9.26. The quantitative estimate of drug-likeness (QED) is 0.166. The third kappa shape index (κ3) is 3.86. The van der Waals surface area contributed by atoms with Gasteiger partial charge in [0, 0.05) is 32.1 Å². The molecule has 1 heterocycles. The molecule has 3 aliphatic carbocycles. The molecule has 40 heavy (non-hydrogen) atoms. The number of nitro groups is 1. The number of phenolic OH excluding ortho intramolecular Hbond substituents is 1. The average Bonchev–Trinajstić information content (AvgIpc) is 3.35. The maximum Gasteiger partial charge on any atom is 0.433 e. The molecule has 14 nitrogen and oxygen atoms in total. The highest BCUT2D eigenvalue weighted by molar-refractivity contribution is 6.31. The summed E-state index contributed by atoms with van der Waals surface area (Å²) < 4.78 is 5.13. The number of rotatable bonds is 6. The number of benzene rings is 1. The first-order chi connectivity index (χ1) is 18.8. The second-order valence-electron chi connectivity index (χ2n) is 10.6. The van der Waals surface area contributed by atoms with E-state index in [9.17, 15) is 44.3 Å². The van der Waals surface area contributed by atoms with Crippen molar-refractivity contribution in [1.29, 1.82) is 0 Å². The van der Waals surface area contributed by atoms with E-state index in [1.54, 1.807) is 25.1 Å². The molecule has 14 heteroatoms. The molecule has 5 N–H and O–H groups in total. The van der Waals surface area contributed by atoms with Gasteiger partial charge >= 0.3 is 5.88 Å². The van der Waals surface area contributed by atoms with Gasteiger partial charge in [-0.3, -0.25) is 34.1 Å². The van der Waals surface area contributed by atoms with Crippen molar-refractivity contribution in [3.05, 3.63) is 45.2 Å². The Bertz CT molecular complexity index is 1510. The summed E-state index contributed by atoms with van der Waals surface area (Å²) in [5.74, 6) is -11.3. The third-order valence-electron chi connectivity index (χ3n) is 8.14. The van der Waals surface area contributed by atoms with Crippen LogP contribution in [-0.4, -0.2) is 63.9 Å². The molecule has 2 fully saturated rings. The van der Waals surface area contributed by atoms with Crippen LogP contribution in [0.1, 0.15) is 34.5 Å². The lowest BCUT2D eigenvalue weighted by molar-refractivity contribution is -0.402. The van der Waals surface area contributed by atoms with Crippen molar-refractivity contribution in [1.82, 2.24) is 0 Å². The van der Waals surface area contributed by atoms with E-state index in [1.807, 2.05) is 0 Å². The van der Waals surface area contributed by atoms with Crippen LogP contribution in [-0.2, 0) is 32.1 Å². The van der Waals surface area contributed by atoms with Gasteiger partial charge in [-0.2, -0.15) is 0 Å². The zero-order valence-corrected chi connectivity index (χ0v) is 21.5. The third-order valence-corrected chi connectivity index (χ3v) is 8.14. The van der Waals surface area contributed by atoms with Crippen molar-refractivity contribution in [2.45, 2.75) is 31.4 Å². The summed E-state index contributed by atoms with van der Waals surface area (Å²) in [6.45, 7) is -0.0787. The van der Waals surface area contributed by atoms with Crippen LogP contribution in [0.15, 0.2) is 22.6 Å².